The number of nitrogens with one attached hydrogen (secondary N) is 1. The topological polar surface area (TPSA) is 82.9 Å². The molecule has 0 saturated carbocycles. The normalized spacial score (nSPS) is 14.0. The van der Waals surface area contributed by atoms with E-state index in [2.05, 4.69) is 20.1 Å². The molecular formula is C30H33Cl4N5O3. The van der Waals surface area contributed by atoms with Gasteiger partial charge in [0.2, 0.25) is 0 Å². The van der Waals surface area contributed by atoms with Gasteiger partial charge in [-0.25, -0.2) is 4.98 Å². The number of piperazine rings is 1. The molecule has 224 valence electrons. The first-order valence-electron chi connectivity index (χ1n) is 13.1. The van der Waals surface area contributed by atoms with Crippen molar-refractivity contribution in [3.63, 3.8) is 0 Å². The van der Waals surface area contributed by atoms with Crippen molar-refractivity contribution in [1.29, 1.82) is 0 Å². The van der Waals surface area contributed by atoms with Gasteiger partial charge in [0.05, 0.1) is 28.9 Å². The zero-order valence-corrected chi connectivity index (χ0v) is 26.1. The lowest BCUT2D eigenvalue weighted by Gasteiger charge is -2.37. The number of rotatable bonds is 9. The van der Waals surface area contributed by atoms with Crippen molar-refractivity contribution in [3.05, 3.63) is 94.7 Å². The fourth-order valence-electron chi connectivity index (χ4n) is 4.79. The number of nitrogens with zero attached hydrogens (tertiary/aromatic N) is 4. The van der Waals surface area contributed by atoms with Crippen LogP contribution in [-0.4, -0.2) is 77.9 Å². The smallest absolute Gasteiger partial charge is 0.271 e. The number of aromatic nitrogens is 2. The summed E-state index contributed by atoms with van der Waals surface area (Å²) in [6.45, 7) is 3.64. The monoisotopic (exact) mass is 651 g/mol. The molecule has 0 radical (unpaired) electrons. The molecule has 0 spiro atoms. The fourth-order valence-corrected chi connectivity index (χ4v) is 5.21. The number of benzene rings is 3. The van der Waals surface area contributed by atoms with Crippen LogP contribution in [0.4, 0.5) is 5.69 Å². The molecule has 5 rings (SSSR count). The highest BCUT2D eigenvalue weighted by Gasteiger charge is 2.22. The van der Waals surface area contributed by atoms with E-state index in [0.29, 0.717) is 22.4 Å². The number of anilines is 1. The van der Waals surface area contributed by atoms with Gasteiger partial charge in [0.25, 0.3) is 5.91 Å². The molecule has 42 heavy (non-hydrogen) atoms. The van der Waals surface area contributed by atoms with Crippen LogP contribution in [0.5, 0.6) is 5.75 Å². The first kappa shape index (κ1) is 33.5. The van der Waals surface area contributed by atoms with Crippen molar-refractivity contribution in [2.45, 2.75) is 6.10 Å². The summed E-state index contributed by atoms with van der Waals surface area (Å²) in [4.78, 5) is 22.1. The van der Waals surface area contributed by atoms with Gasteiger partial charge in [0.15, 0.2) is 0 Å². The Morgan fingerprint density at radius 2 is 1.67 bits per heavy atom. The predicted octanol–water partition coefficient (Wildman–Crippen LogP) is 5.61. The highest BCUT2D eigenvalue weighted by atomic mass is 35.5. The second-order valence-electron chi connectivity index (χ2n) is 9.61. The predicted molar refractivity (Wildman–Crippen MR) is 174 cm³/mol. The van der Waals surface area contributed by atoms with E-state index in [1.807, 2.05) is 71.3 Å². The molecule has 8 nitrogen and oxygen atoms in total. The second-order valence-corrected chi connectivity index (χ2v) is 10.4. The van der Waals surface area contributed by atoms with E-state index in [4.69, 9.17) is 27.9 Å². The highest BCUT2D eigenvalue weighted by molar-refractivity contribution is 6.43. The third-order valence-electron chi connectivity index (χ3n) is 6.93. The molecule has 4 aromatic rings. The third kappa shape index (κ3) is 7.89. The minimum absolute atomic E-state index is 0. The Balaban J connectivity index is 0.00000242. The minimum Gasteiger partial charge on any atom is -0.497 e. The number of carbonyl (C=O) groups is 1. The average Bonchev–Trinajstić information content (AvgIpc) is 3.44. The van der Waals surface area contributed by atoms with E-state index < -0.39 is 6.10 Å². The maximum absolute atomic E-state index is 13.1. The van der Waals surface area contributed by atoms with Gasteiger partial charge < -0.3 is 20.1 Å². The van der Waals surface area contributed by atoms with Gasteiger partial charge in [-0.15, -0.1) is 24.8 Å². The Bertz CT molecular complexity index is 1450. The van der Waals surface area contributed by atoms with Gasteiger partial charge in [0.1, 0.15) is 17.3 Å². The quantitative estimate of drug-likeness (QED) is 0.245. The highest BCUT2D eigenvalue weighted by Crippen LogP contribution is 2.33. The van der Waals surface area contributed by atoms with Crippen LogP contribution in [0, 0.1) is 0 Å². The van der Waals surface area contributed by atoms with E-state index in [1.165, 1.54) is 0 Å². The molecule has 0 bridgehead atoms. The number of β-amino-alcohol motifs (C(OH)–C–C–N with tert-alkyl or cyclic N) is 1. The van der Waals surface area contributed by atoms with Crippen molar-refractivity contribution in [3.8, 4) is 22.8 Å². The van der Waals surface area contributed by atoms with Crippen LogP contribution in [0.2, 0.25) is 10.0 Å². The molecule has 1 unspecified atom stereocenters. The number of ether oxygens (including phenoxy) is 1. The Hall–Kier alpha value is -2.98. The van der Waals surface area contributed by atoms with Gasteiger partial charge in [-0.1, -0.05) is 59.6 Å². The van der Waals surface area contributed by atoms with Crippen molar-refractivity contribution < 1.29 is 14.6 Å². The summed E-state index contributed by atoms with van der Waals surface area (Å²) in [6, 6.07) is 22.9. The van der Waals surface area contributed by atoms with E-state index in [0.717, 1.165) is 48.9 Å². The molecule has 12 heteroatoms. The van der Waals surface area contributed by atoms with Gasteiger partial charge in [-0.2, -0.15) is 0 Å². The molecule has 0 aliphatic carbocycles. The first-order valence-corrected chi connectivity index (χ1v) is 13.9. The lowest BCUT2D eigenvalue weighted by Crippen LogP contribution is -2.50. The summed E-state index contributed by atoms with van der Waals surface area (Å²) in [6.07, 6.45) is 0.994. The molecular weight excluding hydrogens is 620 g/mol. The second kappa shape index (κ2) is 15.5. The zero-order valence-electron chi connectivity index (χ0n) is 23.0. The van der Waals surface area contributed by atoms with Crippen LogP contribution in [0.1, 0.15) is 10.5 Å². The van der Waals surface area contributed by atoms with E-state index in [-0.39, 0.29) is 43.0 Å². The van der Waals surface area contributed by atoms with Crippen LogP contribution >= 0.6 is 48.0 Å². The summed E-state index contributed by atoms with van der Waals surface area (Å²) in [7, 11) is 1.62. The Labute approximate surface area is 268 Å². The Morgan fingerprint density at radius 3 is 2.33 bits per heavy atom. The molecule has 2 heterocycles. The van der Waals surface area contributed by atoms with Gasteiger partial charge in [-0.3, -0.25) is 14.3 Å². The van der Waals surface area contributed by atoms with Crippen LogP contribution in [-0.2, 0) is 0 Å². The maximum atomic E-state index is 13.1. The lowest BCUT2D eigenvalue weighted by molar-refractivity contribution is 0.0848. The number of aliphatic hydroxyl groups is 1. The molecule has 1 atom stereocenters. The number of aliphatic hydroxyl groups excluding tert-OH is 1. The number of amides is 1. The van der Waals surface area contributed by atoms with Crippen molar-refractivity contribution in [1.82, 2.24) is 19.8 Å². The number of carbonyl (C=O) groups excluding carboxylic acids is 1. The largest absolute Gasteiger partial charge is 0.497 e. The summed E-state index contributed by atoms with van der Waals surface area (Å²) < 4.78 is 7.16. The third-order valence-corrected chi connectivity index (χ3v) is 7.74. The van der Waals surface area contributed by atoms with Crippen molar-refractivity contribution in [2.24, 2.45) is 0 Å². The lowest BCUT2D eigenvalue weighted by atomic mass is 10.2. The molecule has 1 aliphatic rings. The van der Waals surface area contributed by atoms with E-state index in [9.17, 15) is 9.90 Å². The van der Waals surface area contributed by atoms with Crippen LogP contribution in [0.3, 0.4) is 0 Å². The van der Waals surface area contributed by atoms with Gasteiger partial charge in [-0.05, 0) is 36.4 Å². The number of hydrogen-bond acceptors (Lipinski definition) is 6. The van der Waals surface area contributed by atoms with Crippen molar-refractivity contribution >= 4 is 59.6 Å². The number of hydrogen-bond donors (Lipinski definition) is 2. The van der Waals surface area contributed by atoms with E-state index in [1.54, 1.807) is 19.4 Å². The van der Waals surface area contributed by atoms with E-state index >= 15 is 0 Å². The molecule has 3 aromatic carbocycles. The molecule has 1 amide bonds. The average molecular weight is 653 g/mol. The SMILES string of the molecule is COc1ccc(-n2cc(C(=O)NCC(O)CN3CCN(c4cccc(Cl)c4Cl)CC3)nc2-c2ccccc2)cc1.Cl.Cl. The molecule has 1 fully saturated rings. The number of methoxy groups -OCH3 is 1. The summed E-state index contributed by atoms with van der Waals surface area (Å²) >= 11 is 12.6. The molecule has 2 N–H and O–H groups in total. The summed E-state index contributed by atoms with van der Waals surface area (Å²) in [5.74, 6) is 1.05. The summed E-state index contributed by atoms with van der Waals surface area (Å²) in [5, 5.41) is 14.6. The first-order chi connectivity index (χ1) is 19.4. The maximum Gasteiger partial charge on any atom is 0.271 e. The van der Waals surface area contributed by atoms with Crippen LogP contribution < -0.4 is 15.0 Å². The molecule has 1 aromatic heterocycles. The minimum atomic E-state index is -0.720. The fraction of sp³-hybridized carbons (Fsp3) is 0.267. The Kier molecular flexibility index (Phi) is 12.4. The number of halogens is 4. The zero-order chi connectivity index (χ0) is 28.1. The Morgan fingerprint density at radius 1 is 0.976 bits per heavy atom. The molecule has 1 saturated heterocycles. The van der Waals surface area contributed by atoms with Gasteiger partial charge in [0, 0.05) is 56.7 Å². The van der Waals surface area contributed by atoms with Crippen LogP contribution in [0.15, 0.2) is 79.0 Å². The number of imidazole rings is 1. The van der Waals surface area contributed by atoms with Crippen molar-refractivity contribution in [2.75, 3.05) is 51.3 Å². The van der Waals surface area contributed by atoms with Gasteiger partial charge >= 0.3 is 0 Å². The van der Waals surface area contributed by atoms with Crippen LogP contribution in [0.25, 0.3) is 17.1 Å². The standard InChI is InChI=1S/C30H31Cl2N5O3.2ClH/c1-40-24-12-10-22(11-13-24)37-20-26(34-29(37)21-6-3-2-4-7-21)30(39)33-18-23(38)19-35-14-16-36(17-15-35)27-9-5-8-25(31)28(27)32;;/h2-13,20,23,38H,14-19H2,1H3,(H,33,39);2*1H. The molecule has 1 aliphatic heterocycles. The summed E-state index contributed by atoms with van der Waals surface area (Å²) in [5.41, 5.74) is 2.93.